The third-order valence-electron chi connectivity index (χ3n) is 3.57. The predicted molar refractivity (Wildman–Crippen MR) is 100 cm³/mol. The Labute approximate surface area is 149 Å². The highest BCUT2D eigenvalue weighted by molar-refractivity contribution is 7.80. The first kappa shape index (κ1) is 16.7. The molecule has 0 amide bonds. The van der Waals surface area contributed by atoms with Gasteiger partial charge in [-0.05, 0) is 43.4 Å². The summed E-state index contributed by atoms with van der Waals surface area (Å²) in [6.45, 7) is 1.81. The number of benzene rings is 1. The van der Waals surface area contributed by atoms with Crippen molar-refractivity contribution in [2.75, 3.05) is 7.05 Å². The molecule has 1 aromatic carbocycles. The van der Waals surface area contributed by atoms with E-state index in [1.54, 1.807) is 19.2 Å². The van der Waals surface area contributed by atoms with Gasteiger partial charge in [0.25, 0.3) is 5.56 Å². The third kappa shape index (κ3) is 3.38. The fraction of sp³-hybridized carbons (Fsp3) is 0.118. The number of furan rings is 1. The van der Waals surface area contributed by atoms with Gasteiger partial charge in [-0.25, -0.2) is 4.68 Å². The Morgan fingerprint density at radius 1 is 1.24 bits per heavy atom. The Morgan fingerprint density at radius 2 is 2.00 bits per heavy atom. The van der Waals surface area contributed by atoms with Crippen molar-refractivity contribution < 1.29 is 4.42 Å². The number of hydrazone groups is 1. The average molecular weight is 355 g/mol. The number of nitrogens with zero attached hydrogens (tertiary/aromatic N) is 2. The Kier molecular flexibility index (Phi) is 4.80. The highest BCUT2D eigenvalue weighted by Crippen LogP contribution is 2.13. The Bertz CT molecular complexity index is 955. The highest BCUT2D eigenvalue weighted by Gasteiger charge is 2.21. The highest BCUT2D eigenvalue weighted by atomic mass is 32.1. The van der Waals surface area contributed by atoms with E-state index in [0.29, 0.717) is 27.8 Å². The van der Waals surface area contributed by atoms with Crippen LogP contribution in [0.5, 0.6) is 0 Å². The SMILES string of the molecule is CNC(=S)N/N=C(\c1ccco1)c1c(C)[nH]n(-c2ccccc2)c1=O. The van der Waals surface area contributed by atoms with E-state index in [9.17, 15) is 4.79 Å². The van der Waals surface area contributed by atoms with Gasteiger partial charge < -0.3 is 9.73 Å². The van der Waals surface area contributed by atoms with E-state index in [4.69, 9.17) is 16.6 Å². The molecule has 0 atom stereocenters. The lowest BCUT2D eigenvalue weighted by molar-refractivity contribution is 0.557. The van der Waals surface area contributed by atoms with Crippen molar-refractivity contribution in [1.82, 2.24) is 20.5 Å². The second kappa shape index (κ2) is 7.18. The molecule has 0 aliphatic rings. The van der Waals surface area contributed by atoms with E-state index in [-0.39, 0.29) is 5.56 Å². The molecule has 0 aliphatic heterocycles. The molecule has 3 aromatic rings. The molecule has 0 radical (unpaired) electrons. The van der Waals surface area contributed by atoms with E-state index < -0.39 is 0 Å². The molecule has 0 unspecified atom stereocenters. The first-order chi connectivity index (χ1) is 12.1. The van der Waals surface area contributed by atoms with Gasteiger partial charge >= 0.3 is 0 Å². The molecule has 0 bridgehead atoms. The van der Waals surface area contributed by atoms with Gasteiger partial charge in [-0.1, -0.05) is 18.2 Å². The van der Waals surface area contributed by atoms with Gasteiger partial charge in [0.05, 0.1) is 17.5 Å². The van der Waals surface area contributed by atoms with Crippen LogP contribution in [-0.4, -0.2) is 27.7 Å². The van der Waals surface area contributed by atoms with Crippen LogP contribution in [0.25, 0.3) is 5.69 Å². The molecule has 128 valence electrons. The lowest BCUT2D eigenvalue weighted by atomic mass is 10.1. The lowest BCUT2D eigenvalue weighted by Gasteiger charge is -2.05. The third-order valence-corrected chi connectivity index (χ3v) is 3.87. The minimum atomic E-state index is -0.226. The first-order valence-corrected chi connectivity index (χ1v) is 7.99. The normalized spacial score (nSPS) is 11.4. The number of nitrogens with one attached hydrogen (secondary N) is 3. The van der Waals surface area contributed by atoms with Crippen LogP contribution in [0.15, 0.2) is 63.0 Å². The fourth-order valence-electron chi connectivity index (χ4n) is 2.39. The Morgan fingerprint density at radius 3 is 2.64 bits per heavy atom. The molecular weight excluding hydrogens is 338 g/mol. The van der Waals surface area contributed by atoms with Crippen LogP contribution in [-0.2, 0) is 0 Å². The predicted octanol–water partition coefficient (Wildman–Crippen LogP) is 1.91. The van der Waals surface area contributed by atoms with E-state index in [2.05, 4.69) is 20.9 Å². The zero-order valence-electron chi connectivity index (χ0n) is 13.7. The summed E-state index contributed by atoms with van der Waals surface area (Å²) in [5, 5.41) is 10.5. The van der Waals surface area contributed by atoms with Crippen LogP contribution in [0.4, 0.5) is 0 Å². The van der Waals surface area contributed by atoms with Crippen LogP contribution < -0.4 is 16.3 Å². The van der Waals surface area contributed by atoms with Crippen LogP contribution in [0.2, 0.25) is 0 Å². The maximum absolute atomic E-state index is 13.0. The number of hydrogen-bond donors (Lipinski definition) is 3. The molecule has 2 aromatic heterocycles. The summed E-state index contributed by atoms with van der Waals surface area (Å²) >= 11 is 5.05. The summed E-state index contributed by atoms with van der Waals surface area (Å²) in [6.07, 6.45) is 1.53. The summed E-state index contributed by atoms with van der Waals surface area (Å²) in [4.78, 5) is 13.0. The van der Waals surface area contributed by atoms with Crippen molar-refractivity contribution in [1.29, 1.82) is 0 Å². The van der Waals surface area contributed by atoms with Crippen molar-refractivity contribution in [3.05, 3.63) is 76.1 Å². The quantitative estimate of drug-likeness (QED) is 0.378. The number of aromatic amines is 1. The first-order valence-electron chi connectivity index (χ1n) is 7.58. The molecule has 0 aliphatic carbocycles. The topological polar surface area (TPSA) is 87.3 Å². The van der Waals surface area contributed by atoms with Crippen molar-refractivity contribution in [3.8, 4) is 5.69 Å². The van der Waals surface area contributed by atoms with Crippen LogP contribution in [0, 0.1) is 6.92 Å². The van der Waals surface area contributed by atoms with Gasteiger partial charge in [0.15, 0.2) is 10.9 Å². The summed E-state index contributed by atoms with van der Waals surface area (Å²) < 4.78 is 6.92. The zero-order chi connectivity index (χ0) is 17.8. The van der Waals surface area contributed by atoms with Gasteiger partial charge in [0, 0.05) is 12.7 Å². The zero-order valence-corrected chi connectivity index (χ0v) is 14.6. The van der Waals surface area contributed by atoms with Gasteiger partial charge in [-0.2, -0.15) is 5.10 Å². The summed E-state index contributed by atoms with van der Waals surface area (Å²) in [7, 11) is 1.68. The van der Waals surface area contributed by atoms with Crippen molar-refractivity contribution in [3.63, 3.8) is 0 Å². The standard InChI is InChI=1S/C17H17N5O2S/c1-11-14(16(23)22(21-11)12-7-4-3-5-8-12)15(13-9-6-10-24-13)19-20-17(25)18-2/h3-10,21H,1-2H3,(H2,18,20,25)/b19-15+. The maximum Gasteiger partial charge on any atom is 0.281 e. The minimum Gasteiger partial charge on any atom is -0.463 e. The number of thiocarbonyl (C=S) groups is 1. The molecule has 25 heavy (non-hydrogen) atoms. The van der Waals surface area contributed by atoms with Gasteiger partial charge in [0.1, 0.15) is 5.71 Å². The molecule has 0 saturated carbocycles. The van der Waals surface area contributed by atoms with Gasteiger partial charge in [0.2, 0.25) is 0 Å². The summed E-state index contributed by atoms with van der Waals surface area (Å²) in [5.74, 6) is 0.464. The molecule has 0 fully saturated rings. The molecule has 3 N–H and O–H groups in total. The minimum absolute atomic E-state index is 0.226. The molecule has 2 heterocycles. The van der Waals surface area contributed by atoms with Crippen molar-refractivity contribution in [2.24, 2.45) is 5.10 Å². The van der Waals surface area contributed by atoms with E-state index in [1.165, 1.54) is 10.9 Å². The van der Waals surface area contributed by atoms with E-state index in [1.807, 2.05) is 37.3 Å². The smallest absolute Gasteiger partial charge is 0.281 e. The van der Waals surface area contributed by atoms with E-state index >= 15 is 0 Å². The molecular formula is C17H17N5O2S. The monoisotopic (exact) mass is 355 g/mol. The maximum atomic E-state index is 13.0. The molecule has 8 heteroatoms. The van der Waals surface area contributed by atoms with E-state index in [0.717, 1.165) is 5.69 Å². The lowest BCUT2D eigenvalue weighted by Crippen LogP contribution is -2.30. The van der Waals surface area contributed by atoms with Crippen LogP contribution in [0.3, 0.4) is 0 Å². The fourth-order valence-corrected chi connectivity index (χ4v) is 2.44. The second-order valence-electron chi connectivity index (χ2n) is 5.22. The number of hydrogen-bond acceptors (Lipinski definition) is 4. The number of H-pyrrole nitrogens is 1. The number of rotatable bonds is 4. The molecule has 0 spiro atoms. The Balaban J connectivity index is 2.13. The molecule has 3 rings (SSSR count). The summed E-state index contributed by atoms with van der Waals surface area (Å²) in [5.41, 5.74) is 4.67. The van der Waals surface area contributed by atoms with Gasteiger partial charge in [-0.15, -0.1) is 0 Å². The summed E-state index contributed by atoms with van der Waals surface area (Å²) in [6, 6.07) is 12.8. The number of para-hydroxylation sites is 1. The van der Waals surface area contributed by atoms with Crippen molar-refractivity contribution in [2.45, 2.75) is 6.92 Å². The van der Waals surface area contributed by atoms with Crippen LogP contribution >= 0.6 is 12.2 Å². The number of aryl methyl sites for hydroxylation is 1. The average Bonchev–Trinajstić information content (AvgIpc) is 3.26. The number of aromatic nitrogens is 2. The van der Waals surface area contributed by atoms with Crippen molar-refractivity contribution >= 4 is 23.0 Å². The Hall–Kier alpha value is -3.13. The second-order valence-corrected chi connectivity index (χ2v) is 5.62. The van der Waals surface area contributed by atoms with Gasteiger partial charge in [-0.3, -0.25) is 15.3 Å². The van der Waals surface area contributed by atoms with Crippen LogP contribution in [0.1, 0.15) is 17.0 Å². The molecule has 7 nitrogen and oxygen atoms in total. The largest absolute Gasteiger partial charge is 0.463 e. The molecule has 0 saturated heterocycles.